The van der Waals surface area contributed by atoms with Gasteiger partial charge >= 0.3 is 0 Å². The van der Waals surface area contributed by atoms with Crippen LogP contribution in [0.1, 0.15) is 23.1 Å². The van der Waals surface area contributed by atoms with Gasteiger partial charge in [0.25, 0.3) is 5.91 Å². The van der Waals surface area contributed by atoms with Crippen LogP contribution in [0.25, 0.3) is 5.69 Å². The van der Waals surface area contributed by atoms with E-state index in [2.05, 4.69) is 20.4 Å². The first kappa shape index (κ1) is 20.3. The Morgan fingerprint density at radius 3 is 2.40 bits per heavy atom. The van der Waals surface area contributed by atoms with Crippen LogP contribution in [0.5, 0.6) is 5.75 Å². The van der Waals surface area contributed by atoms with Crippen molar-refractivity contribution in [2.45, 2.75) is 13.5 Å². The minimum absolute atomic E-state index is 0.0329. The first-order valence-corrected chi connectivity index (χ1v) is 10.3. The van der Waals surface area contributed by atoms with E-state index in [1.165, 1.54) is 0 Å². The summed E-state index contributed by atoms with van der Waals surface area (Å²) in [4.78, 5) is 16.8. The highest BCUT2D eigenvalue weighted by atomic mass is 35.5. The third-order valence-electron chi connectivity index (χ3n) is 5.04. The van der Waals surface area contributed by atoms with Gasteiger partial charge in [0.05, 0.1) is 18.8 Å². The number of rotatable bonds is 6. The maximum atomic E-state index is 12.7. The number of carbonyl (C=O) groups is 1. The number of amides is 1. The van der Waals surface area contributed by atoms with Crippen molar-refractivity contribution in [1.29, 1.82) is 0 Å². The standard InChI is InChI=1S/C21H23ClN6O2/c1-2-30-19-9-7-18(8-10-19)28-20(23-24-25-28)15-26-11-13-27(14-12-26)21(29)16-3-5-17(22)6-4-16/h3-10H,2,11-15H2,1H3. The normalized spacial score (nSPS) is 14.7. The topological polar surface area (TPSA) is 76.4 Å². The van der Waals surface area contributed by atoms with Gasteiger partial charge in [-0.3, -0.25) is 9.69 Å². The molecule has 4 rings (SSSR count). The van der Waals surface area contributed by atoms with E-state index >= 15 is 0 Å². The Labute approximate surface area is 180 Å². The molecule has 30 heavy (non-hydrogen) atoms. The summed E-state index contributed by atoms with van der Waals surface area (Å²) >= 11 is 5.91. The summed E-state index contributed by atoms with van der Waals surface area (Å²) in [7, 11) is 0. The molecular weight excluding hydrogens is 404 g/mol. The number of piperazine rings is 1. The van der Waals surface area contributed by atoms with Gasteiger partial charge in [0, 0.05) is 36.8 Å². The van der Waals surface area contributed by atoms with Crippen molar-refractivity contribution >= 4 is 17.5 Å². The lowest BCUT2D eigenvalue weighted by Crippen LogP contribution is -2.48. The summed E-state index contributed by atoms with van der Waals surface area (Å²) in [6, 6.07) is 14.7. The molecule has 1 aliphatic rings. The Hall–Kier alpha value is -2.97. The SMILES string of the molecule is CCOc1ccc(-n2nnnc2CN2CCN(C(=O)c3ccc(Cl)cc3)CC2)cc1. The second-order valence-electron chi connectivity index (χ2n) is 7.01. The van der Waals surface area contributed by atoms with Crippen LogP contribution < -0.4 is 4.74 Å². The fraction of sp³-hybridized carbons (Fsp3) is 0.333. The molecule has 8 nitrogen and oxygen atoms in total. The second kappa shape index (κ2) is 9.23. The first-order chi connectivity index (χ1) is 14.6. The van der Waals surface area contributed by atoms with E-state index in [4.69, 9.17) is 16.3 Å². The van der Waals surface area contributed by atoms with Crippen molar-refractivity contribution in [3.8, 4) is 11.4 Å². The molecule has 2 heterocycles. The van der Waals surface area contributed by atoms with E-state index in [9.17, 15) is 4.79 Å². The molecule has 1 saturated heterocycles. The summed E-state index contributed by atoms with van der Waals surface area (Å²) < 4.78 is 7.23. The van der Waals surface area contributed by atoms with Crippen molar-refractivity contribution in [3.05, 3.63) is 64.9 Å². The van der Waals surface area contributed by atoms with E-state index < -0.39 is 0 Å². The fourth-order valence-corrected chi connectivity index (χ4v) is 3.57. The first-order valence-electron chi connectivity index (χ1n) is 9.91. The predicted octanol–water partition coefficient (Wildman–Crippen LogP) is 2.67. The van der Waals surface area contributed by atoms with Crippen molar-refractivity contribution in [2.24, 2.45) is 0 Å². The number of hydrogen-bond donors (Lipinski definition) is 0. The molecule has 0 bridgehead atoms. The van der Waals surface area contributed by atoms with Gasteiger partial charge in [0.2, 0.25) is 0 Å². The van der Waals surface area contributed by atoms with Gasteiger partial charge in [-0.05, 0) is 65.9 Å². The van der Waals surface area contributed by atoms with Crippen LogP contribution in [0.3, 0.4) is 0 Å². The van der Waals surface area contributed by atoms with Crippen molar-refractivity contribution in [2.75, 3.05) is 32.8 Å². The Morgan fingerprint density at radius 1 is 1.03 bits per heavy atom. The van der Waals surface area contributed by atoms with E-state index in [0.717, 1.165) is 30.4 Å². The lowest BCUT2D eigenvalue weighted by molar-refractivity contribution is 0.0624. The van der Waals surface area contributed by atoms with Gasteiger partial charge in [-0.25, -0.2) is 0 Å². The van der Waals surface area contributed by atoms with Gasteiger partial charge in [-0.1, -0.05) is 11.6 Å². The van der Waals surface area contributed by atoms with Crippen molar-refractivity contribution in [1.82, 2.24) is 30.0 Å². The molecule has 1 amide bonds. The van der Waals surface area contributed by atoms with E-state index in [0.29, 0.717) is 36.8 Å². The third kappa shape index (κ3) is 4.60. The third-order valence-corrected chi connectivity index (χ3v) is 5.29. The van der Waals surface area contributed by atoms with Crippen LogP contribution in [-0.2, 0) is 6.54 Å². The molecule has 1 fully saturated rings. The maximum absolute atomic E-state index is 12.7. The molecule has 156 valence electrons. The van der Waals surface area contributed by atoms with Crippen LogP contribution in [-0.4, -0.2) is 68.7 Å². The lowest BCUT2D eigenvalue weighted by atomic mass is 10.2. The van der Waals surface area contributed by atoms with Gasteiger partial charge in [-0.15, -0.1) is 5.10 Å². The quantitative estimate of drug-likeness (QED) is 0.603. The smallest absolute Gasteiger partial charge is 0.253 e. The fourth-order valence-electron chi connectivity index (χ4n) is 3.44. The average Bonchev–Trinajstić information content (AvgIpc) is 3.23. The molecule has 2 aromatic carbocycles. The number of benzene rings is 2. The molecule has 1 aliphatic heterocycles. The van der Waals surface area contributed by atoms with Gasteiger partial charge < -0.3 is 9.64 Å². The monoisotopic (exact) mass is 426 g/mol. The molecule has 0 spiro atoms. The van der Waals surface area contributed by atoms with Gasteiger partial charge in [0.1, 0.15) is 5.75 Å². The van der Waals surface area contributed by atoms with Gasteiger partial charge in [0.15, 0.2) is 5.82 Å². The molecule has 0 aliphatic carbocycles. The Morgan fingerprint density at radius 2 is 1.73 bits per heavy atom. The second-order valence-corrected chi connectivity index (χ2v) is 7.45. The Kier molecular flexibility index (Phi) is 6.25. The Balaban J connectivity index is 1.36. The van der Waals surface area contributed by atoms with Crippen LogP contribution in [0.15, 0.2) is 48.5 Å². The van der Waals surface area contributed by atoms with Crippen LogP contribution in [0.2, 0.25) is 5.02 Å². The van der Waals surface area contributed by atoms with Crippen molar-refractivity contribution < 1.29 is 9.53 Å². The molecule has 0 saturated carbocycles. The number of carbonyl (C=O) groups excluding carboxylic acids is 1. The van der Waals surface area contributed by atoms with Crippen molar-refractivity contribution in [3.63, 3.8) is 0 Å². The van der Waals surface area contributed by atoms with E-state index in [-0.39, 0.29) is 5.91 Å². The zero-order valence-corrected chi connectivity index (χ0v) is 17.5. The number of ether oxygens (including phenoxy) is 1. The maximum Gasteiger partial charge on any atom is 0.253 e. The van der Waals surface area contributed by atoms with Crippen LogP contribution in [0.4, 0.5) is 0 Å². The Bertz CT molecular complexity index is 981. The summed E-state index contributed by atoms with van der Waals surface area (Å²) in [6.45, 7) is 6.03. The zero-order valence-electron chi connectivity index (χ0n) is 16.7. The van der Waals surface area contributed by atoms with Gasteiger partial charge in [-0.2, -0.15) is 4.68 Å². The van der Waals surface area contributed by atoms with E-state index in [1.54, 1.807) is 28.9 Å². The number of nitrogens with zero attached hydrogens (tertiary/aromatic N) is 6. The highest BCUT2D eigenvalue weighted by Gasteiger charge is 2.23. The number of aromatic nitrogens is 4. The molecule has 0 N–H and O–H groups in total. The molecule has 0 unspecified atom stereocenters. The highest BCUT2D eigenvalue weighted by molar-refractivity contribution is 6.30. The molecule has 3 aromatic rings. The zero-order chi connectivity index (χ0) is 20.9. The summed E-state index contributed by atoms with van der Waals surface area (Å²) in [6.07, 6.45) is 0. The predicted molar refractivity (Wildman–Crippen MR) is 113 cm³/mol. The van der Waals surface area contributed by atoms with Crippen LogP contribution in [0, 0.1) is 0 Å². The summed E-state index contributed by atoms with van der Waals surface area (Å²) in [5.74, 6) is 1.61. The largest absolute Gasteiger partial charge is 0.494 e. The highest BCUT2D eigenvalue weighted by Crippen LogP contribution is 2.17. The molecule has 0 radical (unpaired) electrons. The minimum atomic E-state index is 0.0329. The molecular formula is C21H23ClN6O2. The lowest BCUT2D eigenvalue weighted by Gasteiger charge is -2.34. The van der Waals surface area contributed by atoms with E-state index in [1.807, 2.05) is 36.1 Å². The minimum Gasteiger partial charge on any atom is -0.494 e. The molecule has 0 atom stereocenters. The number of halogens is 1. The molecule has 9 heteroatoms. The summed E-state index contributed by atoms with van der Waals surface area (Å²) in [5.41, 5.74) is 1.54. The van der Waals surface area contributed by atoms with Crippen LogP contribution >= 0.6 is 11.6 Å². The molecule has 1 aromatic heterocycles. The summed E-state index contributed by atoms with van der Waals surface area (Å²) in [5, 5.41) is 12.8. The number of hydrogen-bond acceptors (Lipinski definition) is 6. The average molecular weight is 427 g/mol. The number of tetrazole rings is 1.